The summed E-state index contributed by atoms with van der Waals surface area (Å²) in [6.45, 7) is 7.59. The van der Waals surface area contributed by atoms with Crippen molar-refractivity contribution in [3.63, 3.8) is 0 Å². The van der Waals surface area contributed by atoms with Gasteiger partial charge in [-0.1, -0.05) is 6.92 Å². The van der Waals surface area contributed by atoms with Crippen molar-refractivity contribution in [3.8, 4) is 0 Å². The highest BCUT2D eigenvalue weighted by molar-refractivity contribution is 5.76. The highest BCUT2D eigenvalue weighted by Crippen LogP contribution is 2.15. The van der Waals surface area contributed by atoms with E-state index in [2.05, 4.69) is 0 Å². The number of carbonyl (C=O) groups is 1. The van der Waals surface area contributed by atoms with Crippen LogP contribution < -0.4 is 5.73 Å². The van der Waals surface area contributed by atoms with Crippen molar-refractivity contribution in [2.75, 3.05) is 32.9 Å². The van der Waals surface area contributed by atoms with Crippen LogP contribution in [0, 0.1) is 0 Å². The fourth-order valence-electron chi connectivity index (χ4n) is 2.19. The normalized spacial score (nSPS) is 18.6. The molecule has 0 spiro atoms. The second kappa shape index (κ2) is 9.28. The van der Waals surface area contributed by atoms with E-state index in [0.29, 0.717) is 19.6 Å². The summed E-state index contributed by atoms with van der Waals surface area (Å²) < 4.78 is 11.0. The number of amides is 1. The van der Waals surface area contributed by atoms with Crippen molar-refractivity contribution in [1.29, 1.82) is 0 Å². The first-order valence-corrected chi connectivity index (χ1v) is 7.40. The molecule has 1 amide bonds. The van der Waals surface area contributed by atoms with Crippen LogP contribution in [0.2, 0.25) is 0 Å². The fourth-order valence-corrected chi connectivity index (χ4v) is 2.19. The molecule has 0 bridgehead atoms. The van der Waals surface area contributed by atoms with Gasteiger partial charge >= 0.3 is 0 Å². The Hall–Kier alpha value is -0.650. The molecule has 0 radical (unpaired) electrons. The third kappa shape index (κ3) is 6.36. The van der Waals surface area contributed by atoms with Crippen LogP contribution in [0.4, 0.5) is 0 Å². The molecule has 112 valence electrons. The molecule has 2 N–H and O–H groups in total. The molecule has 1 atom stereocenters. The van der Waals surface area contributed by atoms with Crippen molar-refractivity contribution in [2.24, 2.45) is 5.73 Å². The number of carbonyl (C=O) groups excluding carboxylic acids is 1. The summed E-state index contributed by atoms with van der Waals surface area (Å²) in [4.78, 5) is 13.9. The van der Waals surface area contributed by atoms with Gasteiger partial charge in [-0.2, -0.15) is 0 Å². The first-order chi connectivity index (χ1) is 9.17. The van der Waals surface area contributed by atoms with E-state index in [1.807, 2.05) is 18.7 Å². The second-order valence-corrected chi connectivity index (χ2v) is 5.02. The lowest BCUT2D eigenvalue weighted by Crippen LogP contribution is -2.43. The largest absolute Gasteiger partial charge is 0.379 e. The van der Waals surface area contributed by atoms with E-state index in [0.717, 1.165) is 39.0 Å². The minimum absolute atomic E-state index is 0.00679. The number of nitrogens with two attached hydrogens (primary N) is 1. The van der Waals surface area contributed by atoms with E-state index in [1.165, 1.54) is 0 Å². The fraction of sp³-hybridized carbons (Fsp3) is 0.929. The van der Waals surface area contributed by atoms with Gasteiger partial charge in [0, 0.05) is 32.2 Å². The molecule has 5 nitrogen and oxygen atoms in total. The first-order valence-electron chi connectivity index (χ1n) is 7.40. The summed E-state index contributed by atoms with van der Waals surface area (Å²) in [6, 6.07) is -0.00679. The van der Waals surface area contributed by atoms with Gasteiger partial charge in [0.2, 0.25) is 5.91 Å². The summed E-state index contributed by atoms with van der Waals surface area (Å²) in [5.41, 5.74) is 5.82. The summed E-state index contributed by atoms with van der Waals surface area (Å²) >= 11 is 0. The zero-order chi connectivity index (χ0) is 14.1. The molecule has 0 aromatic rings. The van der Waals surface area contributed by atoms with Crippen LogP contribution in [0.1, 0.15) is 39.5 Å². The number of piperidine rings is 1. The van der Waals surface area contributed by atoms with Gasteiger partial charge in [-0.15, -0.1) is 0 Å². The predicted octanol–water partition coefficient (Wildman–Crippen LogP) is 1.16. The number of likely N-dealkylation sites (tertiary alicyclic amines) is 1. The molecule has 1 unspecified atom stereocenters. The molecule has 0 aromatic heterocycles. The van der Waals surface area contributed by atoms with E-state index in [-0.39, 0.29) is 18.1 Å². The van der Waals surface area contributed by atoms with E-state index >= 15 is 0 Å². The van der Waals surface area contributed by atoms with Crippen molar-refractivity contribution in [1.82, 2.24) is 4.90 Å². The van der Waals surface area contributed by atoms with Crippen molar-refractivity contribution in [3.05, 3.63) is 0 Å². The Bertz CT molecular complexity index is 253. The maximum atomic E-state index is 12.0. The molecule has 0 aliphatic carbocycles. The lowest BCUT2D eigenvalue weighted by atomic mass is 10.1. The minimum Gasteiger partial charge on any atom is -0.379 e. The standard InChI is InChI=1S/C14H28N2O3/c1-3-12(15)11-14(17)16-7-5-13(6-8-16)19-10-9-18-4-2/h12-13H,3-11,15H2,1-2H3. The molecule has 19 heavy (non-hydrogen) atoms. The molecule has 0 aromatic carbocycles. The quantitative estimate of drug-likeness (QED) is 0.673. The lowest BCUT2D eigenvalue weighted by Gasteiger charge is -2.32. The van der Waals surface area contributed by atoms with Crippen molar-refractivity contribution >= 4 is 5.91 Å². The predicted molar refractivity (Wildman–Crippen MR) is 74.9 cm³/mol. The highest BCUT2D eigenvalue weighted by atomic mass is 16.5. The Balaban J connectivity index is 2.15. The third-order valence-corrected chi connectivity index (χ3v) is 3.54. The molecule has 1 aliphatic rings. The van der Waals surface area contributed by atoms with E-state index in [9.17, 15) is 4.79 Å². The van der Waals surface area contributed by atoms with Gasteiger partial charge in [0.05, 0.1) is 19.3 Å². The first kappa shape index (κ1) is 16.4. The van der Waals surface area contributed by atoms with Gasteiger partial charge < -0.3 is 20.1 Å². The van der Waals surface area contributed by atoms with Crippen LogP contribution in [0.25, 0.3) is 0 Å². The van der Waals surface area contributed by atoms with Crippen LogP contribution in [-0.2, 0) is 14.3 Å². The van der Waals surface area contributed by atoms with E-state index in [4.69, 9.17) is 15.2 Å². The Morgan fingerprint density at radius 2 is 2.00 bits per heavy atom. The molecule has 0 saturated carbocycles. The van der Waals surface area contributed by atoms with E-state index < -0.39 is 0 Å². The van der Waals surface area contributed by atoms with Crippen LogP contribution >= 0.6 is 0 Å². The average molecular weight is 272 g/mol. The number of ether oxygens (including phenoxy) is 2. The summed E-state index contributed by atoms with van der Waals surface area (Å²) in [5, 5.41) is 0. The number of hydrogen-bond donors (Lipinski definition) is 1. The zero-order valence-electron chi connectivity index (χ0n) is 12.3. The smallest absolute Gasteiger partial charge is 0.224 e. The maximum Gasteiger partial charge on any atom is 0.224 e. The summed E-state index contributed by atoms with van der Waals surface area (Å²) in [7, 11) is 0. The third-order valence-electron chi connectivity index (χ3n) is 3.54. The number of nitrogens with zero attached hydrogens (tertiary/aromatic N) is 1. The minimum atomic E-state index is -0.00679. The van der Waals surface area contributed by atoms with Crippen LogP contribution in [0.5, 0.6) is 0 Å². The van der Waals surface area contributed by atoms with Crippen molar-refractivity contribution < 1.29 is 14.3 Å². The van der Waals surface area contributed by atoms with Gasteiger partial charge in [-0.3, -0.25) is 4.79 Å². The molecular formula is C14H28N2O3. The van der Waals surface area contributed by atoms with Gasteiger partial charge in [-0.05, 0) is 26.2 Å². The van der Waals surface area contributed by atoms with Gasteiger partial charge in [0.15, 0.2) is 0 Å². The SMILES string of the molecule is CCOCCOC1CCN(C(=O)CC(N)CC)CC1. The van der Waals surface area contributed by atoms with Crippen LogP contribution in [-0.4, -0.2) is 55.9 Å². The summed E-state index contributed by atoms with van der Waals surface area (Å²) in [6.07, 6.45) is 3.41. The Labute approximate surface area is 116 Å². The van der Waals surface area contributed by atoms with Gasteiger partial charge in [0.1, 0.15) is 0 Å². The Kier molecular flexibility index (Phi) is 8.02. The second-order valence-electron chi connectivity index (χ2n) is 5.02. The molecule has 1 fully saturated rings. The van der Waals surface area contributed by atoms with Crippen LogP contribution in [0.15, 0.2) is 0 Å². The monoisotopic (exact) mass is 272 g/mol. The summed E-state index contributed by atoms with van der Waals surface area (Å²) in [5.74, 6) is 0.183. The molecule has 1 aliphatic heterocycles. The molecule has 5 heteroatoms. The average Bonchev–Trinajstić information content (AvgIpc) is 2.44. The number of hydrogen-bond acceptors (Lipinski definition) is 4. The number of rotatable bonds is 8. The molecular weight excluding hydrogens is 244 g/mol. The molecule has 1 heterocycles. The lowest BCUT2D eigenvalue weighted by molar-refractivity contribution is -0.134. The van der Waals surface area contributed by atoms with Gasteiger partial charge in [0.25, 0.3) is 0 Å². The Morgan fingerprint density at radius 1 is 1.32 bits per heavy atom. The topological polar surface area (TPSA) is 64.8 Å². The highest BCUT2D eigenvalue weighted by Gasteiger charge is 2.23. The maximum absolute atomic E-state index is 12.0. The van der Waals surface area contributed by atoms with Gasteiger partial charge in [-0.25, -0.2) is 0 Å². The Morgan fingerprint density at radius 3 is 2.58 bits per heavy atom. The van der Waals surface area contributed by atoms with Crippen LogP contribution in [0.3, 0.4) is 0 Å². The molecule has 1 saturated heterocycles. The van der Waals surface area contributed by atoms with E-state index in [1.54, 1.807) is 0 Å². The van der Waals surface area contributed by atoms with Crippen molar-refractivity contribution in [2.45, 2.75) is 51.7 Å². The zero-order valence-corrected chi connectivity index (χ0v) is 12.3. The molecule has 1 rings (SSSR count).